The number of amides is 1. The molecule has 0 aliphatic carbocycles. The maximum absolute atomic E-state index is 13.3. The van der Waals surface area contributed by atoms with E-state index >= 15 is 0 Å². The zero-order valence-electron chi connectivity index (χ0n) is 20.1. The number of carbonyl (C=O) groups excluding carboxylic acids is 2. The molecule has 2 heterocycles. The van der Waals surface area contributed by atoms with Crippen LogP contribution in [0.3, 0.4) is 0 Å². The second-order valence-corrected chi connectivity index (χ2v) is 8.61. The number of rotatable bonds is 9. The van der Waals surface area contributed by atoms with E-state index in [1.807, 2.05) is 36.4 Å². The number of pyridine rings is 1. The monoisotopic (exact) mass is 470 g/mol. The van der Waals surface area contributed by atoms with E-state index in [1.54, 1.807) is 36.7 Å². The van der Waals surface area contributed by atoms with Gasteiger partial charge in [-0.15, -0.1) is 0 Å². The van der Waals surface area contributed by atoms with Crippen molar-refractivity contribution in [3.63, 3.8) is 0 Å². The van der Waals surface area contributed by atoms with Gasteiger partial charge in [0.1, 0.15) is 11.5 Å². The largest absolute Gasteiger partial charge is 0.507 e. The van der Waals surface area contributed by atoms with Crippen molar-refractivity contribution in [1.82, 2.24) is 9.88 Å². The van der Waals surface area contributed by atoms with Gasteiger partial charge in [0, 0.05) is 24.5 Å². The van der Waals surface area contributed by atoms with E-state index in [1.165, 1.54) is 4.90 Å². The molecule has 3 aromatic rings. The van der Waals surface area contributed by atoms with Crippen molar-refractivity contribution in [2.75, 3.05) is 6.61 Å². The average molecular weight is 471 g/mol. The zero-order valence-corrected chi connectivity index (χ0v) is 20.1. The van der Waals surface area contributed by atoms with E-state index in [0.717, 1.165) is 36.0 Å². The van der Waals surface area contributed by atoms with Crippen molar-refractivity contribution in [3.05, 3.63) is 101 Å². The fourth-order valence-corrected chi connectivity index (χ4v) is 4.24. The van der Waals surface area contributed by atoms with E-state index in [2.05, 4.69) is 18.8 Å². The van der Waals surface area contributed by atoms with E-state index in [9.17, 15) is 14.7 Å². The van der Waals surface area contributed by atoms with Gasteiger partial charge in [0.25, 0.3) is 11.7 Å². The van der Waals surface area contributed by atoms with Crippen molar-refractivity contribution < 1.29 is 19.4 Å². The maximum atomic E-state index is 13.3. The predicted molar refractivity (Wildman–Crippen MR) is 135 cm³/mol. The van der Waals surface area contributed by atoms with Crippen LogP contribution in [0.25, 0.3) is 5.76 Å². The van der Waals surface area contributed by atoms with Crippen LogP contribution in [0.1, 0.15) is 55.0 Å². The lowest BCUT2D eigenvalue weighted by Gasteiger charge is -2.25. The highest BCUT2D eigenvalue weighted by Gasteiger charge is 2.46. The maximum Gasteiger partial charge on any atom is 0.295 e. The molecule has 180 valence electrons. The number of Topliss-reactive ketones (excluding diaryl/α,β-unsaturated/α-hetero) is 1. The molecule has 1 aliphatic heterocycles. The molecule has 6 nitrogen and oxygen atoms in total. The Morgan fingerprint density at radius 1 is 1.03 bits per heavy atom. The average Bonchev–Trinajstić information content (AvgIpc) is 3.14. The van der Waals surface area contributed by atoms with Gasteiger partial charge >= 0.3 is 0 Å². The first-order valence-corrected chi connectivity index (χ1v) is 12.0. The molecule has 0 saturated carbocycles. The van der Waals surface area contributed by atoms with Crippen LogP contribution < -0.4 is 4.74 Å². The van der Waals surface area contributed by atoms with Gasteiger partial charge < -0.3 is 14.7 Å². The number of ether oxygens (including phenoxy) is 1. The van der Waals surface area contributed by atoms with E-state index in [4.69, 9.17) is 4.74 Å². The molecule has 0 bridgehead atoms. The van der Waals surface area contributed by atoms with Gasteiger partial charge in [0.15, 0.2) is 0 Å². The smallest absolute Gasteiger partial charge is 0.295 e. The first kappa shape index (κ1) is 24.2. The number of benzene rings is 2. The lowest BCUT2D eigenvalue weighted by molar-refractivity contribution is -0.140. The zero-order chi connectivity index (χ0) is 24.8. The third-order valence-electron chi connectivity index (χ3n) is 6.19. The molecule has 1 saturated heterocycles. The Balaban J connectivity index is 1.78. The highest BCUT2D eigenvalue weighted by molar-refractivity contribution is 6.46. The number of unbranched alkanes of at least 4 members (excludes halogenated alkanes) is 1. The van der Waals surface area contributed by atoms with Gasteiger partial charge in [-0.05, 0) is 47.7 Å². The summed E-state index contributed by atoms with van der Waals surface area (Å²) in [6, 6.07) is 17.8. The summed E-state index contributed by atoms with van der Waals surface area (Å²) in [5.74, 6) is -0.943. The first-order valence-electron chi connectivity index (χ1n) is 12.0. The Kier molecular flexibility index (Phi) is 7.60. The number of carbonyl (C=O) groups is 2. The number of aryl methyl sites for hydroxylation is 1. The summed E-state index contributed by atoms with van der Waals surface area (Å²) in [6.45, 7) is 4.93. The van der Waals surface area contributed by atoms with Crippen LogP contribution in [-0.2, 0) is 22.6 Å². The first-order chi connectivity index (χ1) is 17.0. The Labute approximate surface area is 205 Å². The molecule has 1 aliphatic rings. The summed E-state index contributed by atoms with van der Waals surface area (Å²) in [7, 11) is 0. The van der Waals surface area contributed by atoms with Crippen LogP contribution in [-0.4, -0.2) is 33.3 Å². The number of aliphatic hydroxyl groups is 1. The van der Waals surface area contributed by atoms with Gasteiger partial charge in [-0.3, -0.25) is 14.6 Å². The molecule has 0 spiro atoms. The van der Waals surface area contributed by atoms with Gasteiger partial charge in [-0.25, -0.2) is 0 Å². The molecule has 1 atom stereocenters. The van der Waals surface area contributed by atoms with Crippen LogP contribution in [0.15, 0.2) is 78.6 Å². The molecule has 2 aromatic carbocycles. The van der Waals surface area contributed by atoms with Crippen LogP contribution >= 0.6 is 0 Å². The Hall–Kier alpha value is -3.93. The van der Waals surface area contributed by atoms with Crippen molar-refractivity contribution in [2.24, 2.45) is 0 Å². The molecule has 4 rings (SSSR count). The summed E-state index contributed by atoms with van der Waals surface area (Å²) in [6.07, 6.45) is 6.14. The topological polar surface area (TPSA) is 79.7 Å². The molecule has 1 aromatic heterocycles. The number of aliphatic hydroxyl groups excluding tert-OH is 1. The second kappa shape index (κ2) is 11.0. The number of hydrogen-bond acceptors (Lipinski definition) is 5. The molecule has 1 amide bonds. The van der Waals surface area contributed by atoms with Gasteiger partial charge in [0.05, 0.1) is 18.2 Å². The Morgan fingerprint density at radius 2 is 1.83 bits per heavy atom. The minimum atomic E-state index is -0.717. The molecular formula is C29H30N2O4. The summed E-state index contributed by atoms with van der Waals surface area (Å²) in [5.41, 5.74) is 3.23. The fourth-order valence-electron chi connectivity index (χ4n) is 4.24. The summed E-state index contributed by atoms with van der Waals surface area (Å²) < 4.78 is 5.78. The number of likely N-dealkylation sites (tertiary alicyclic amines) is 1. The summed E-state index contributed by atoms with van der Waals surface area (Å²) in [5, 5.41) is 11.3. The number of ketones is 1. The van der Waals surface area contributed by atoms with Crippen LogP contribution in [0.2, 0.25) is 0 Å². The van der Waals surface area contributed by atoms with Crippen molar-refractivity contribution >= 4 is 17.4 Å². The highest BCUT2D eigenvalue weighted by atomic mass is 16.5. The summed E-state index contributed by atoms with van der Waals surface area (Å²) >= 11 is 0. The number of aromatic nitrogens is 1. The van der Waals surface area contributed by atoms with Crippen LogP contribution in [0.4, 0.5) is 0 Å². The molecule has 1 N–H and O–H groups in total. The molecule has 1 fully saturated rings. The molecule has 35 heavy (non-hydrogen) atoms. The van der Waals surface area contributed by atoms with E-state index in [-0.39, 0.29) is 17.9 Å². The molecular weight excluding hydrogens is 440 g/mol. The minimum absolute atomic E-state index is 0.0776. The minimum Gasteiger partial charge on any atom is -0.507 e. The normalized spacial score (nSPS) is 17.1. The lowest BCUT2D eigenvalue weighted by atomic mass is 9.94. The van der Waals surface area contributed by atoms with Gasteiger partial charge in [-0.1, -0.05) is 62.7 Å². The molecule has 1 unspecified atom stereocenters. The Bertz CT molecular complexity index is 1220. The fraction of sp³-hybridized carbons (Fsp3) is 0.276. The highest BCUT2D eigenvalue weighted by Crippen LogP contribution is 2.40. The van der Waals surface area contributed by atoms with E-state index in [0.29, 0.717) is 17.9 Å². The standard InChI is InChI=1S/C29H30N2O4/c1-3-5-16-35-24-10-6-9-23(17-24)27(32)25-26(22-13-11-20(4-2)12-14-22)31(29(34)28(25)33)19-21-8-7-15-30-18-21/h6-15,17-18,26,32H,3-5,16,19H2,1-2H3/b27-25+. The van der Waals surface area contributed by atoms with Crippen molar-refractivity contribution in [3.8, 4) is 5.75 Å². The quantitative estimate of drug-likeness (QED) is 0.195. The third kappa shape index (κ3) is 5.27. The van der Waals surface area contributed by atoms with Crippen molar-refractivity contribution in [2.45, 2.75) is 45.7 Å². The van der Waals surface area contributed by atoms with E-state index < -0.39 is 17.7 Å². The number of hydrogen-bond donors (Lipinski definition) is 1. The van der Waals surface area contributed by atoms with Crippen LogP contribution in [0, 0.1) is 0 Å². The second-order valence-electron chi connectivity index (χ2n) is 8.61. The summed E-state index contributed by atoms with van der Waals surface area (Å²) in [4.78, 5) is 32.1. The predicted octanol–water partition coefficient (Wildman–Crippen LogP) is 5.44. The SMILES string of the molecule is CCCCOc1cccc(/C(O)=C2\C(=O)C(=O)N(Cc3cccnc3)C2c2ccc(CC)cc2)c1. The molecule has 0 radical (unpaired) electrons. The molecule has 6 heteroatoms. The van der Waals surface area contributed by atoms with Crippen molar-refractivity contribution in [1.29, 1.82) is 0 Å². The van der Waals surface area contributed by atoms with Gasteiger partial charge in [0.2, 0.25) is 0 Å². The number of nitrogens with zero attached hydrogens (tertiary/aromatic N) is 2. The Morgan fingerprint density at radius 3 is 2.51 bits per heavy atom. The third-order valence-corrected chi connectivity index (χ3v) is 6.19. The lowest BCUT2D eigenvalue weighted by Crippen LogP contribution is -2.29. The van der Waals surface area contributed by atoms with Crippen LogP contribution in [0.5, 0.6) is 5.75 Å². The van der Waals surface area contributed by atoms with Gasteiger partial charge in [-0.2, -0.15) is 0 Å².